The lowest BCUT2D eigenvalue weighted by Crippen LogP contribution is -2.20. The van der Waals surface area contributed by atoms with Crippen molar-refractivity contribution in [1.29, 1.82) is 0 Å². The molecule has 0 N–H and O–H groups in total. The van der Waals surface area contributed by atoms with Crippen molar-refractivity contribution < 1.29 is 13.9 Å². The molecule has 1 aromatic heterocycles. The summed E-state index contributed by atoms with van der Waals surface area (Å²) in [5, 5.41) is 0.576. The molecule has 5 heteroatoms. The zero-order chi connectivity index (χ0) is 15.9. The highest BCUT2D eigenvalue weighted by Crippen LogP contribution is 2.28. The van der Waals surface area contributed by atoms with Crippen LogP contribution in [0, 0.1) is 5.82 Å². The molecule has 0 spiro atoms. The summed E-state index contributed by atoms with van der Waals surface area (Å²) in [5.41, 5.74) is 0.815. The van der Waals surface area contributed by atoms with E-state index in [1.54, 1.807) is 24.3 Å². The fourth-order valence-electron chi connectivity index (χ4n) is 2.28. The summed E-state index contributed by atoms with van der Waals surface area (Å²) in [7, 11) is 0. The van der Waals surface area contributed by atoms with E-state index < -0.39 is 0 Å². The van der Waals surface area contributed by atoms with Crippen LogP contribution in [-0.2, 0) is 9.47 Å². The first-order chi connectivity index (χ1) is 10.7. The molecule has 0 radical (unpaired) electrons. The third-order valence-electron chi connectivity index (χ3n) is 3.27. The molecule has 0 fully saturated rings. The van der Waals surface area contributed by atoms with Crippen LogP contribution in [0.15, 0.2) is 54.2 Å². The van der Waals surface area contributed by atoms with E-state index >= 15 is 0 Å². The summed E-state index contributed by atoms with van der Waals surface area (Å²) in [4.78, 5) is 0. The number of nitrogens with zero attached hydrogens (tertiary/aromatic N) is 1. The van der Waals surface area contributed by atoms with Crippen LogP contribution in [0.25, 0.3) is 10.9 Å². The van der Waals surface area contributed by atoms with Crippen LogP contribution in [-0.4, -0.2) is 31.0 Å². The number of hydrogen-bond donors (Lipinski definition) is 0. The van der Waals surface area contributed by atoms with Gasteiger partial charge in [-0.15, -0.1) is 13.2 Å². The third-order valence-corrected chi connectivity index (χ3v) is 3.89. The predicted octanol–water partition coefficient (Wildman–Crippen LogP) is 4.49. The Labute approximate surface area is 138 Å². The minimum atomic E-state index is -0.256. The molecule has 0 aliphatic carbocycles. The molecule has 118 valence electrons. The number of fused-ring (bicyclic) bond motifs is 1. The number of benzene rings is 1. The third kappa shape index (κ3) is 3.85. The molecule has 1 heterocycles. The fraction of sp³-hybridized carbons (Fsp3) is 0.294. The summed E-state index contributed by atoms with van der Waals surface area (Å²) in [6.07, 6.45) is 5.26. The topological polar surface area (TPSA) is 23.4 Å². The average Bonchev–Trinajstić information content (AvgIpc) is 2.94. The first-order valence-corrected chi connectivity index (χ1v) is 7.80. The highest BCUT2D eigenvalue weighted by Gasteiger charge is 2.16. The van der Waals surface area contributed by atoms with Crippen LogP contribution in [0.4, 0.5) is 4.39 Å². The Kier molecular flexibility index (Phi) is 6.36. The first kappa shape index (κ1) is 16.9. The zero-order valence-electron chi connectivity index (χ0n) is 12.3. The number of halogens is 2. The van der Waals surface area contributed by atoms with Crippen molar-refractivity contribution in [3.05, 3.63) is 60.0 Å². The van der Waals surface area contributed by atoms with E-state index in [-0.39, 0.29) is 11.9 Å². The normalized spacial score (nSPS) is 11.2. The van der Waals surface area contributed by atoms with Crippen LogP contribution in [0.2, 0.25) is 0 Å². The standard InChI is InChI=1S/C17H19BrFNO2/c1-3-9-21-11-13(12-22-10-4-2)20-8-7-14-16(20)6-5-15(18)17(14)19/h3-8,13H,1-2,9-12H2. The lowest BCUT2D eigenvalue weighted by molar-refractivity contribution is 0.0650. The van der Waals surface area contributed by atoms with Crippen molar-refractivity contribution in [1.82, 2.24) is 4.57 Å². The van der Waals surface area contributed by atoms with Gasteiger partial charge >= 0.3 is 0 Å². The first-order valence-electron chi connectivity index (χ1n) is 7.00. The molecule has 2 rings (SSSR count). The number of hydrogen-bond acceptors (Lipinski definition) is 2. The molecule has 0 saturated heterocycles. The van der Waals surface area contributed by atoms with Crippen LogP contribution in [0.3, 0.4) is 0 Å². The van der Waals surface area contributed by atoms with E-state index in [0.717, 1.165) is 5.52 Å². The molecule has 0 bridgehead atoms. The summed E-state index contributed by atoms with van der Waals surface area (Å²) in [6.45, 7) is 9.14. The van der Waals surface area contributed by atoms with Gasteiger partial charge in [0.25, 0.3) is 0 Å². The number of ether oxygens (including phenoxy) is 2. The van der Waals surface area contributed by atoms with Gasteiger partial charge in [0.15, 0.2) is 0 Å². The van der Waals surface area contributed by atoms with Crippen molar-refractivity contribution in [2.24, 2.45) is 0 Å². The SMILES string of the molecule is C=CCOCC(COCC=C)n1ccc2c(F)c(Br)ccc21. The summed E-state index contributed by atoms with van der Waals surface area (Å²) in [5.74, 6) is -0.256. The molecule has 0 aliphatic heterocycles. The minimum absolute atomic E-state index is 0.0435. The molecule has 0 unspecified atom stereocenters. The lowest BCUT2D eigenvalue weighted by Gasteiger charge is -2.20. The second-order valence-electron chi connectivity index (χ2n) is 4.82. The molecule has 3 nitrogen and oxygen atoms in total. The Balaban J connectivity index is 2.27. The summed E-state index contributed by atoms with van der Waals surface area (Å²) in [6, 6.07) is 5.32. The Morgan fingerprint density at radius 3 is 2.36 bits per heavy atom. The van der Waals surface area contributed by atoms with Gasteiger partial charge in [-0.3, -0.25) is 0 Å². The van der Waals surface area contributed by atoms with E-state index in [1.165, 1.54) is 0 Å². The van der Waals surface area contributed by atoms with Gasteiger partial charge < -0.3 is 14.0 Å². The van der Waals surface area contributed by atoms with Crippen molar-refractivity contribution in [3.8, 4) is 0 Å². The smallest absolute Gasteiger partial charge is 0.146 e. The van der Waals surface area contributed by atoms with Gasteiger partial charge in [-0.2, -0.15) is 0 Å². The van der Waals surface area contributed by atoms with Crippen molar-refractivity contribution in [2.75, 3.05) is 26.4 Å². The van der Waals surface area contributed by atoms with E-state index in [9.17, 15) is 4.39 Å². The monoisotopic (exact) mass is 367 g/mol. The van der Waals surface area contributed by atoms with Crippen molar-refractivity contribution in [3.63, 3.8) is 0 Å². The Morgan fingerprint density at radius 1 is 1.14 bits per heavy atom. The van der Waals surface area contributed by atoms with Gasteiger partial charge in [-0.1, -0.05) is 12.2 Å². The van der Waals surface area contributed by atoms with Gasteiger partial charge in [0.05, 0.1) is 42.5 Å². The quantitative estimate of drug-likeness (QED) is 0.481. The highest BCUT2D eigenvalue weighted by molar-refractivity contribution is 9.10. The molecular formula is C17H19BrFNO2. The number of rotatable bonds is 9. The van der Waals surface area contributed by atoms with E-state index in [4.69, 9.17) is 9.47 Å². The molecule has 0 aliphatic rings. The maximum absolute atomic E-state index is 14.1. The minimum Gasteiger partial charge on any atom is -0.375 e. The molecule has 2 aromatic rings. The second kappa shape index (κ2) is 8.27. The van der Waals surface area contributed by atoms with E-state index in [0.29, 0.717) is 36.3 Å². The van der Waals surface area contributed by atoms with Crippen LogP contribution in [0.5, 0.6) is 0 Å². The second-order valence-corrected chi connectivity index (χ2v) is 5.68. The van der Waals surface area contributed by atoms with E-state index in [2.05, 4.69) is 29.1 Å². The maximum atomic E-state index is 14.1. The number of aromatic nitrogens is 1. The molecule has 0 amide bonds. The Hall–Kier alpha value is -1.43. The largest absolute Gasteiger partial charge is 0.375 e. The lowest BCUT2D eigenvalue weighted by atomic mass is 10.2. The highest BCUT2D eigenvalue weighted by atomic mass is 79.9. The fourth-order valence-corrected chi connectivity index (χ4v) is 2.62. The van der Waals surface area contributed by atoms with Gasteiger partial charge in [0, 0.05) is 11.6 Å². The molecule has 22 heavy (non-hydrogen) atoms. The van der Waals surface area contributed by atoms with E-state index in [1.807, 2.05) is 16.8 Å². The van der Waals surface area contributed by atoms with Crippen LogP contribution >= 0.6 is 15.9 Å². The van der Waals surface area contributed by atoms with Crippen LogP contribution in [0.1, 0.15) is 6.04 Å². The summed E-state index contributed by atoms with van der Waals surface area (Å²) < 4.78 is 27.7. The Morgan fingerprint density at radius 2 is 1.77 bits per heavy atom. The van der Waals surface area contributed by atoms with Crippen molar-refractivity contribution >= 4 is 26.8 Å². The maximum Gasteiger partial charge on any atom is 0.146 e. The van der Waals surface area contributed by atoms with Crippen molar-refractivity contribution in [2.45, 2.75) is 6.04 Å². The molecule has 0 saturated carbocycles. The van der Waals surface area contributed by atoms with Gasteiger partial charge in [0.1, 0.15) is 5.82 Å². The Bertz CT molecular complexity index is 639. The van der Waals surface area contributed by atoms with Gasteiger partial charge in [-0.25, -0.2) is 4.39 Å². The molecule has 0 atom stereocenters. The zero-order valence-corrected chi connectivity index (χ0v) is 13.9. The van der Waals surface area contributed by atoms with Gasteiger partial charge in [-0.05, 0) is 34.1 Å². The summed E-state index contributed by atoms with van der Waals surface area (Å²) >= 11 is 3.21. The molecular weight excluding hydrogens is 349 g/mol. The average molecular weight is 368 g/mol. The molecule has 1 aromatic carbocycles. The van der Waals surface area contributed by atoms with Crippen LogP contribution < -0.4 is 0 Å². The van der Waals surface area contributed by atoms with Gasteiger partial charge in [0.2, 0.25) is 0 Å². The predicted molar refractivity (Wildman–Crippen MR) is 90.7 cm³/mol.